The average molecular weight is 242 g/mol. The summed E-state index contributed by atoms with van der Waals surface area (Å²) < 4.78 is 0. The molecule has 0 aliphatic carbocycles. The van der Waals surface area contributed by atoms with Crippen LogP contribution >= 0.6 is 0 Å². The Hall–Kier alpha value is -0.610. The summed E-state index contributed by atoms with van der Waals surface area (Å²) in [5, 5.41) is 15.6. The molecule has 1 heterocycles. The van der Waals surface area contributed by atoms with Crippen molar-refractivity contribution in [3.05, 3.63) is 0 Å². The fourth-order valence-electron chi connectivity index (χ4n) is 2.18. The van der Waals surface area contributed by atoms with Crippen molar-refractivity contribution in [1.29, 1.82) is 0 Å². The Morgan fingerprint density at radius 2 is 2.41 bits per heavy atom. The van der Waals surface area contributed by atoms with Crippen LogP contribution in [0.15, 0.2) is 0 Å². The Morgan fingerprint density at radius 1 is 1.59 bits per heavy atom. The van der Waals surface area contributed by atoms with Crippen molar-refractivity contribution in [2.75, 3.05) is 19.6 Å². The van der Waals surface area contributed by atoms with Gasteiger partial charge in [-0.15, -0.1) is 0 Å². The molecule has 0 aromatic carbocycles. The first-order valence-electron chi connectivity index (χ1n) is 6.87. The molecule has 0 aromatic rings. The van der Waals surface area contributed by atoms with E-state index in [1.807, 2.05) is 6.92 Å². The number of hydrogen-bond donors (Lipinski definition) is 3. The molecule has 0 aromatic heterocycles. The summed E-state index contributed by atoms with van der Waals surface area (Å²) in [5.74, 6) is 0.787. The van der Waals surface area contributed by atoms with E-state index in [0.29, 0.717) is 25.3 Å². The van der Waals surface area contributed by atoms with Crippen LogP contribution in [0.5, 0.6) is 0 Å². The Morgan fingerprint density at radius 3 is 3.06 bits per heavy atom. The van der Waals surface area contributed by atoms with E-state index in [2.05, 4.69) is 10.6 Å². The molecule has 1 saturated heterocycles. The first kappa shape index (κ1) is 14.5. The van der Waals surface area contributed by atoms with Crippen LogP contribution in [0.4, 0.5) is 0 Å². The van der Waals surface area contributed by atoms with Gasteiger partial charge in [-0.25, -0.2) is 0 Å². The summed E-state index contributed by atoms with van der Waals surface area (Å²) in [6, 6.07) is 0. The minimum atomic E-state index is -0.280. The fraction of sp³-hybridized carbons (Fsp3) is 0.923. The van der Waals surface area contributed by atoms with Gasteiger partial charge in [0.1, 0.15) is 0 Å². The number of aliphatic hydroxyl groups excluding tert-OH is 1. The lowest BCUT2D eigenvalue weighted by Gasteiger charge is -2.22. The summed E-state index contributed by atoms with van der Waals surface area (Å²) in [4.78, 5) is 11.5. The molecular weight excluding hydrogens is 216 g/mol. The summed E-state index contributed by atoms with van der Waals surface area (Å²) in [6.45, 7) is 4.72. The van der Waals surface area contributed by atoms with Crippen LogP contribution in [0.25, 0.3) is 0 Å². The van der Waals surface area contributed by atoms with Crippen molar-refractivity contribution >= 4 is 5.91 Å². The van der Waals surface area contributed by atoms with Crippen LogP contribution in [0, 0.1) is 5.92 Å². The lowest BCUT2D eigenvalue weighted by molar-refractivity contribution is -0.121. The molecule has 2 unspecified atom stereocenters. The summed E-state index contributed by atoms with van der Waals surface area (Å²) in [7, 11) is 0. The summed E-state index contributed by atoms with van der Waals surface area (Å²) in [6.07, 6.45) is 5.21. The highest BCUT2D eigenvalue weighted by Crippen LogP contribution is 2.15. The minimum Gasteiger partial charge on any atom is -0.393 e. The normalized spacial score (nSPS) is 22.1. The Bertz CT molecular complexity index is 215. The van der Waals surface area contributed by atoms with E-state index in [0.717, 1.165) is 25.9 Å². The van der Waals surface area contributed by atoms with Crippen LogP contribution in [0.2, 0.25) is 0 Å². The van der Waals surface area contributed by atoms with Crippen molar-refractivity contribution in [3.63, 3.8) is 0 Å². The second-order valence-corrected chi connectivity index (χ2v) is 4.95. The van der Waals surface area contributed by atoms with Gasteiger partial charge in [-0.1, -0.05) is 6.92 Å². The zero-order valence-electron chi connectivity index (χ0n) is 10.9. The Labute approximate surface area is 104 Å². The second kappa shape index (κ2) is 8.48. The maximum atomic E-state index is 11.5. The van der Waals surface area contributed by atoms with Gasteiger partial charge >= 0.3 is 0 Å². The molecule has 4 heteroatoms. The molecule has 0 saturated carbocycles. The molecule has 4 nitrogen and oxygen atoms in total. The van der Waals surface area contributed by atoms with E-state index in [1.165, 1.54) is 12.8 Å². The lowest BCUT2D eigenvalue weighted by atomic mass is 9.94. The number of aliphatic hydroxyl groups is 1. The van der Waals surface area contributed by atoms with Gasteiger partial charge in [0.15, 0.2) is 0 Å². The van der Waals surface area contributed by atoms with Gasteiger partial charge in [0, 0.05) is 13.0 Å². The van der Waals surface area contributed by atoms with Crippen LogP contribution < -0.4 is 10.6 Å². The molecule has 17 heavy (non-hydrogen) atoms. The van der Waals surface area contributed by atoms with Crippen molar-refractivity contribution in [2.45, 2.75) is 51.6 Å². The molecule has 1 amide bonds. The van der Waals surface area contributed by atoms with E-state index in [4.69, 9.17) is 0 Å². The highest BCUT2D eigenvalue weighted by atomic mass is 16.3. The number of hydrogen-bond acceptors (Lipinski definition) is 3. The quantitative estimate of drug-likeness (QED) is 0.625. The zero-order chi connectivity index (χ0) is 12.5. The maximum absolute atomic E-state index is 11.5. The van der Waals surface area contributed by atoms with E-state index < -0.39 is 0 Å². The smallest absolute Gasteiger partial charge is 0.220 e. The summed E-state index contributed by atoms with van der Waals surface area (Å²) in [5.41, 5.74) is 0. The van der Waals surface area contributed by atoms with Crippen molar-refractivity contribution in [2.24, 2.45) is 5.92 Å². The molecule has 3 N–H and O–H groups in total. The average Bonchev–Trinajstić information content (AvgIpc) is 2.37. The molecule has 2 atom stereocenters. The zero-order valence-corrected chi connectivity index (χ0v) is 10.9. The lowest BCUT2D eigenvalue weighted by Crippen LogP contribution is -2.31. The Kier molecular flexibility index (Phi) is 7.21. The number of piperidine rings is 1. The molecule has 1 rings (SSSR count). The molecule has 0 bridgehead atoms. The minimum absolute atomic E-state index is 0.124. The van der Waals surface area contributed by atoms with Crippen LogP contribution in [-0.2, 0) is 4.79 Å². The van der Waals surface area contributed by atoms with Crippen LogP contribution in [0.1, 0.15) is 45.4 Å². The predicted molar refractivity (Wildman–Crippen MR) is 68.8 cm³/mol. The SMILES string of the molecule is CCC(O)CCNC(=O)CCC1CCCNC1. The second-order valence-electron chi connectivity index (χ2n) is 4.95. The monoisotopic (exact) mass is 242 g/mol. The molecule has 0 spiro atoms. The molecule has 100 valence electrons. The first-order chi connectivity index (χ1) is 8.22. The number of carbonyl (C=O) groups excluding carboxylic acids is 1. The molecule has 0 radical (unpaired) electrons. The van der Waals surface area contributed by atoms with Crippen LogP contribution in [-0.4, -0.2) is 36.8 Å². The summed E-state index contributed by atoms with van der Waals surface area (Å²) >= 11 is 0. The number of rotatable bonds is 7. The van der Waals surface area contributed by atoms with E-state index in [-0.39, 0.29) is 12.0 Å². The van der Waals surface area contributed by atoms with Crippen molar-refractivity contribution < 1.29 is 9.90 Å². The number of amides is 1. The molecular formula is C13H26N2O2. The standard InChI is InChI=1S/C13H26N2O2/c1-2-12(16)7-9-15-13(17)6-5-11-4-3-8-14-10-11/h11-12,14,16H,2-10H2,1H3,(H,15,17). The molecule has 1 aliphatic heterocycles. The van der Waals surface area contributed by atoms with Gasteiger partial charge in [0.25, 0.3) is 0 Å². The number of nitrogens with one attached hydrogen (secondary N) is 2. The fourth-order valence-corrected chi connectivity index (χ4v) is 2.18. The van der Waals surface area contributed by atoms with E-state index in [9.17, 15) is 9.90 Å². The van der Waals surface area contributed by atoms with Crippen molar-refractivity contribution in [1.82, 2.24) is 10.6 Å². The van der Waals surface area contributed by atoms with Gasteiger partial charge in [0.05, 0.1) is 6.10 Å². The van der Waals surface area contributed by atoms with Crippen LogP contribution in [0.3, 0.4) is 0 Å². The van der Waals surface area contributed by atoms with E-state index in [1.54, 1.807) is 0 Å². The molecule has 1 aliphatic rings. The number of carbonyl (C=O) groups is 1. The maximum Gasteiger partial charge on any atom is 0.220 e. The highest BCUT2D eigenvalue weighted by molar-refractivity contribution is 5.75. The van der Waals surface area contributed by atoms with Gasteiger partial charge in [-0.3, -0.25) is 4.79 Å². The van der Waals surface area contributed by atoms with Gasteiger partial charge in [0.2, 0.25) is 5.91 Å². The van der Waals surface area contributed by atoms with Crippen molar-refractivity contribution in [3.8, 4) is 0 Å². The third-order valence-corrected chi connectivity index (χ3v) is 3.45. The van der Waals surface area contributed by atoms with Gasteiger partial charge in [-0.2, -0.15) is 0 Å². The predicted octanol–water partition coefficient (Wildman–Crippen LogP) is 1.04. The largest absolute Gasteiger partial charge is 0.393 e. The third kappa shape index (κ3) is 6.64. The van der Waals surface area contributed by atoms with Gasteiger partial charge < -0.3 is 15.7 Å². The topological polar surface area (TPSA) is 61.4 Å². The highest BCUT2D eigenvalue weighted by Gasteiger charge is 2.14. The first-order valence-corrected chi connectivity index (χ1v) is 6.87. The Balaban J connectivity index is 2.00. The molecule has 1 fully saturated rings. The van der Waals surface area contributed by atoms with Gasteiger partial charge in [-0.05, 0) is 51.1 Å². The van der Waals surface area contributed by atoms with E-state index >= 15 is 0 Å². The third-order valence-electron chi connectivity index (χ3n) is 3.45.